The molecule has 2 heterocycles. The summed E-state index contributed by atoms with van der Waals surface area (Å²) in [6, 6.07) is 12.0. The normalized spacial score (nSPS) is 14.4. The number of hydrogen-bond acceptors (Lipinski definition) is 4. The van der Waals surface area contributed by atoms with Crippen LogP contribution in [0.15, 0.2) is 48.7 Å². The molecule has 3 rings (SSSR count). The minimum absolute atomic E-state index is 0.0779. The topological polar surface area (TPSA) is 73.7 Å². The third-order valence-electron chi connectivity index (χ3n) is 4.33. The van der Waals surface area contributed by atoms with Crippen LogP contribution in [0.2, 0.25) is 0 Å². The number of carbonyl (C=O) groups excluding carboxylic acids is 2. The van der Waals surface area contributed by atoms with Gasteiger partial charge in [0, 0.05) is 50.1 Å². The third kappa shape index (κ3) is 4.35. The second kappa shape index (κ2) is 7.79. The Morgan fingerprint density at radius 3 is 2.44 bits per heavy atom. The molecule has 0 saturated carbocycles. The number of nitrogens with zero attached hydrogens (tertiary/aromatic N) is 3. The molecule has 1 aromatic carbocycles. The molecule has 6 heteroatoms. The van der Waals surface area contributed by atoms with Crippen molar-refractivity contribution in [3.63, 3.8) is 0 Å². The van der Waals surface area contributed by atoms with Crippen LogP contribution in [0.1, 0.15) is 22.5 Å². The van der Waals surface area contributed by atoms with Crippen LogP contribution in [-0.4, -0.2) is 57.9 Å². The SMILES string of the molecule is O=C(CCc1ccccn1)N1CCN(C(=O)c2cccc(O)c2)CC1. The predicted octanol–water partition coefficient (Wildman–Crippen LogP) is 1.70. The second-order valence-corrected chi connectivity index (χ2v) is 6.04. The van der Waals surface area contributed by atoms with Crippen molar-refractivity contribution in [3.05, 3.63) is 59.9 Å². The summed E-state index contributed by atoms with van der Waals surface area (Å²) in [7, 11) is 0. The first-order chi connectivity index (χ1) is 12.1. The van der Waals surface area contributed by atoms with Crippen molar-refractivity contribution in [2.24, 2.45) is 0 Å². The van der Waals surface area contributed by atoms with E-state index in [2.05, 4.69) is 4.98 Å². The molecule has 1 aliphatic heterocycles. The van der Waals surface area contributed by atoms with Gasteiger partial charge in [-0.1, -0.05) is 12.1 Å². The van der Waals surface area contributed by atoms with E-state index in [1.54, 1.807) is 28.1 Å². The van der Waals surface area contributed by atoms with Gasteiger partial charge >= 0.3 is 0 Å². The van der Waals surface area contributed by atoms with E-state index in [0.717, 1.165) is 5.69 Å². The van der Waals surface area contributed by atoms with Gasteiger partial charge in [-0.25, -0.2) is 0 Å². The first-order valence-electron chi connectivity index (χ1n) is 8.39. The van der Waals surface area contributed by atoms with E-state index in [-0.39, 0.29) is 17.6 Å². The van der Waals surface area contributed by atoms with E-state index in [1.807, 2.05) is 18.2 Å². The van der Waals surface area contributed by atoms with E-state index in [0.29, 0.717) is 44.6 Å². The Balaban J connectivity index is 1.49. The minimum Gasteiger partial charge on any atom is -0.508 e. The maximum atomic E-state index is 12.4. The standard InChI is InChI=1S/C19H21N3O3/c23-17-6-3-4-15(14-17)19(25)22-12-10-21(11-13-22)18(24)8-7-16-5-1-2-9-20-16/h1-6,9,14,23H,7-8,10-13H2. The van der Waals surface area contributed by atoms with Gasteiger partial charge in [-0.3, -0.25) is 14.6 Å². The summed E-state index contributed by atoms with van der Waals surface area (Å²) in [6.07, 6.45) is 2.78. The van der Waals surface area contributed by atoms with Crippen LogP contribution >= 0.6 is 0 Å². The number of aryl methyl sites for hydroxylation is 1. The van der Waals surface area contributed by atoms with Gasteiger partial charge in [0.2, 0.25) is 5.91 Å². The number of pyridine rings is 1. The Morgan fingerprint density at radius 1 is 1.00 bits per heavy atom. The Hall–Kier alpha value is -2.89. The first-order valence-corrected chi connectivity index (χ1v) is 8.39. The largest absolute Gasteiger partial charge is 0.508 e. The molecule has 2 amide bonds. The van der Waals surface area contributed by atoms with Gasteiger partial charge in [-0.2, -0.15) is 0 Å². The van der Waals surface area contributed by atoms with Crippen LogP contribution < -0.4 is 0 Å². The second-order valence-electron chi connectivity index (χ2n) is 6.04. The number of aromatic nitrogens is 1. The molecule has 130 valence electrons. The van der Waals surface area contributed by atoms with Crippen LogP contribution in [0.4, 0.5) is 0 Å². The summed E-state index contributed by atoms with van der Waals surface area (Å²) < 4.78 is 0. The Bertz CT molecular complexity index is 741. The lowest BCUT2D eigenvalue weighted by Crippen LogP contribution is -2.50. The smallest absolute Gasteiger partial charge is 0.254 e. The van der Waals surface area contributed by atoms with Crippen LogP contribution in [0, 0.1) is 0 Å². The summed E-state index contributed by atoms with van der Waals surface area (Å²) in [5.41, 5.74) is 1.38. The Morgan fingerprint density at radius 2 is 1.76 bits per heavy atom. The fourth-order valence-electron chi connectivity index (χ4n) is 2.92. The van der Waals surface area contributed by atoms with Crippen LogP contribution in [0.25, 0.3) is 0 Å². The highest BCUT2D eigenvalue weighted by Crippen LogP contribution is 2.15. The number of phenolic OH excluding ortho intramolecular Hbond substituents is 1. The van der Waals surface area contributed by atoms with Crippen molar-refractivity contribution >= 4 is 11.8 Å². The van der Waals surface area contributed by atoms with Crippen LogP contribution in [-0.2, 0) is 11.2 Å². The average molecular weight is 339 g/mol. The zero-order chi connectivity index (χ0) is 17.6. The van der Waals surface area contributed by atoms with E-state index < -0.39 is 0 Å². The minimum atomic E-state index is -0.114. The molecule has 1 N–H and O–H groups in total. The first kappa shape index (κ1) is 17.0. The van der Waals surface area contributed by atoms with E-state index in [9.17, 15) is 14.7 Å². The number of hydrogen-bond donors (Lipinski definition) is 1. The van der Waals surface area contributed by atoms with Crippen LogP contribution in [0.3, 0.4) is 0 Å². The van der Waals surface area contributed by atoms with E-state index in [1.165, 1.54) is 12.1 Å². The molecule has 0 radical (unpaired) electrons. The average Bonchev–Trinajstić information content (AvgIpc) is 2.66. The fraction of sp³-hybridized carbons (Fsp3) is 0.316. The lowest BCUT2D eigenvalue weighted by Gasteiger charge is -2.35. The molecule has 1 aliphatic rings. The number of piperazine rings is 1. The van der Waals surface area contributed by atoms with Gasteiger partial charge in [-0.05, 0) is 36.8 Å². The number of benzene rings is 1. The Kier molecular flexibility index (Phi) is 5.28. The lowest BCUT2D eigenvalue weighted by atomic mass is 10.1. The number of carbonyl (C=O) groups is 2. The molecule has 0 unspecified atom stereocenters. The van der Waals surface area contributed by atoms with Crippen molar-refractivity contribution in [2.45, 2.75) is 12.8 Å². The van der Waals surface area contributed by atoms with Crippen molar-refractivity contribution in [2.75, 3.05) is 26.2 Å². The van der Waals surface area contributed by atoms with Crippen molar-refractivity contribution in [3.8, 4) is 5.75 Å². The fourth-order valence-corrected chi connectivity index (χ4v) is 2.92. The third-order valence-corrected chi connectivity index (χ3v) is 4.33. The molecule has 0 bridgehead atoms. The molecule has 1 fully saturated rings. The molecule has 25 heavy (non-hydrogen) atoms. The lowest BCUT2D eigenvalue weighted by molar-refractivity contribution is -0.132. The molecular weight excluding hydrogens is 318 g/mol. The molecule has 0 atom stereocenters. The summed E-state index contributed by atoms with van der Waals surface area (Å²) in [4.78, 5) is 32.5. The molecule has 0 aliphatic carbocycles. The molecular formula is C19H21N3O3. The summed E-state index contributed by atoms with van der Waals surface area (Å²) in [5, 5.41) is 9.50. The maximum absolute atomic E-state index is 12.4. The monoisotopic (exact) mass is 339 g/mol. The maximum Gasteiger partial charge on any atom is 0.254 e. The molecule has 2 aromatic rings. The molecule has 0 spiro atoms. The Labute approximate surface area is 146 Å². The number of amides is 2. The highest BCUT2D eigenvalue weighted by atomic mass is 16.3. The summed E-state index contributed by atoms with van der Waals surface area (Å²) >= 11 is 0. The number of phenols is 1. The van der Waals surface area contributed by atoms with Gasteiger partial charge in [0.15, 0.2) is 0 Å². The molecule has 6 nitrogen and oxygen atoms in total. The van der Waals surface area contributed by atoms with Gasteiger partial charge in [0.1, 0.15) is 5.75 Å². The predicted molar refractivity (Wildman–Crippen MR) is 93.1 cm³/mol. The summed E-state index contributed by atoms with van der Waals surface area (Å²) in [5.74, 6) is 0.0563. The van der Waals surface area contributed by atoms with Crippen molar-refractivity contribution < 1.29 is 14.7 Å². The van der Waals surface area contributed by atoms with E-state index in [4.69, 9.17) is 0 Å². The van der Waals surface area contributed by atoms with Crippen molar-refractivity contribution in [1.29, 1.82) is 0 Å². The van der Waals surface area contributed by atoms with Gasteiger partial charge in [0.25, 0.3) is 5.91 Å². The zero-order valence-electron chi connectivity index (χ0n) is 14.0. The zero-order valence-corrected chi connectivity index (χ0v) is 14.0. The van der Waals surface area contributed by atoms with Gasteiger partial charge in [-0.15, -0.1) is 0 Å². The number of aromatic hydroxyl groups is 1. The van der Waals surface area contributed by atoms with Crippen molar-refractivity contribution in [1.82, 2.24) is 14.8 Å². The van der Waals surface area contributed by atoms with Gasteiger partial charge in [0.05, 0.1) is 0 Å². The van der Waals surface area contributed by atoms with Crippen LogP contribution in [0.5, 0.6) is 5.75 Å². The highest BCUT2D eigenvalue weighted by Gasteiger charge is 2.24. The van der Waals surface area contributed by atoms with E-state index >= 15 is 0 Å². The summed E-state index contributed by atoms with van der Waals surface area (Å²) in [6.45, 7) is 2.07. The highest BCUT2D eigenvalue weighted by molar-refractivity contribution is 5.94. The molecule has 1 saturated heterocycles. The quantitative estimate of drug-likeness (QED) is 0.920. The van der Waals surface area contributed by atoms with Gasteiger partial charge < -0.3 is 14.9 Å². The number of rotatable bonds is 4. The molecule has 1 aromatic heterocycles.